The van der Waals surface area contributed by atoms with Crippen LogP contribution in [0.1, 0.15) is 23.1 Å². The molecule has 3 heteroatoms. The van der Waals surface area contributed by atoms with Gasteiger partial charge < -0.3 is 5.73 Å². The Balaban J connectivity index is 2.52. The van der Waals surface area contributed by atoms with Gasteiger partial charge in [0.25, 0.3) is 0 Å². The van der Waals surface area contributed by atoms with E-state index in [4.69, 9.17) is 5.73 Å². The minimum Gasteiger partial charge on any atom is -0.326 e. The third kappa shape index (κ3) is 4.16. The Morgan fingerprint density at radius 3 is 2.73 bits per heavy atom. The zero-order chi connectivity index (χ0) is 11.1. The molecule has 0 saturated carbocycles. The summed E-state index contributed by atoms with van der Waals surface area (Å²) >= 11 is 1.81. The highest BCUT2D eigenvalue weighted by Crippen LogP contribution is 2.17. The van der Waals surface area contributed by atoms with Crippen molar-refractivity contribution in [1.82, 2.24) is 4.90 Å². The van der Waals surface area contributed by atoms with E-state index in [-0.39, 0.29) is 0 Å². The lowest BCUT2D eigenvalue weighted by atomic mass is 10.3. The highest BCUT2D eigenvalue weighted by molar-refractivity contribution is 7.11. The third-order valence-electron chi connectivity index (χ3n) is 2.23. The molecule has 0 aliphatic rings. The van der Waals surface area contributed by atoms with Crippen LogP contribution < -0.4 is 5.73 Å². The summed E-state index contributed by atoms with van der Waals surface area (Å²) in [4.78, 5) is 5.06. The Bertz CT molecular complexity index is 294. The Kier molecular flexibility index (Phi) is 5.61. The second-order valence-corrected chi connectivity index (χ2v) is 4.85. The molecule has 2 nitrogen and oxygen atoms in total. The van der Waals surface area contributed by atoms with Gasteiger partial charge in [0.05, 0.1) is 0 Å². The van der Waals surface area contributed by atoms with Gasteiger partial charge in [-0.3, -0.25) is 4.90 Å². The van der Waals surface area contributed by atoms with Crippen molar-refractivity contribution in [2.75, 3.05) is 13.1 Å². The number of nitrogens with zero attached hydrogens (tertiary/aromatic N) is 1. The molecule has 0 amide bonds. The number of rotatable bonds is 7. The second kappa shape index (κ2) is 6.77. The second-order valence-electron chi connectivity index (χ2n) is 3.60. The molecule has 0 saturated heterocycles. The molecule has 0 bridgehead atoms. The zero-order valence-corrected chi connectivity index (χ0v) is 10.2. The van der Waals surface area contributed by atoms with Gasteiger partial charge in [-0.2, -0.15) is 0 Å². The van der Waals surface area contributed by atoms with Gasteiger partial charge in [0.2, 0.25) is 0 Å². The van der Waals surface area contributed by atoms with Gasteiger partial charge in [-0.05, 0) is 25.1 Å². The SMILES string of the molecule is C=CCN(CCC)Cc1ccc(CN)s1. The first-order valence-electron chi connectivity index (χ1n) is 5.41. The largest absolute Gasteiger partial charge is 0.326 e. The third-order valence-corrected chi connectivity index (χ3v) is 3.32. The fraction of sp³-hybridized carbons (Fsp3) is 0.500. The van der Waals surface area contributed by atoms with Crippen molar-refractivity contribution in [3.05, 3.63) is 34.5 Å². The first-order chi connectivity index (χ1) is 7.30. The Labute approximate surface area is 96.4 Å². The van der Waals surface area contributed by atoms with Crippen LogP contribution in [0.3, 0.4) is 0 Å². The van der Waals surface area contributed by atoms with Crippen molar-refractivity contribution in [2.45, 2.75) is 26.4 Å². The van der Waals surface area contributed by atoms with Crippen LogP contribution >= 0.6 is 11.3 Å². The zero-order valence-electron chi connectivity index (χ0n) is 9.41. The van der Waals surface area contributed by atoms with Crippen molar-refractivity contribution in [3.63, 3.8) is 0 Å². The lowest BCUT2D eigenvalue weighted by Gasteiger charge is -2.18. The minimum atomic E-state index is 0.653. The van der Waals surface area contributed by atoms with Gasteiger partial charge in [-0.15, -0.1) is 17.9 Å². The molecule has 0 aromatic carbocycles. The van der Waals surface area contributed by atoms with Crippen LogP contribution in [-0.4, -0.2) is 18.0 Å². The van der Waals surface area contributed by atoms with E-state index in [0.717, 1.165) is 19.6 Å². The normalized spacial score (nSPS) is 10.9. The van der Waals surface area contributed by atoms with E-state index < -0.39 is 0 Å². The van der Waals surface area contributed by atoms with Crippen molar-refractivity contribution in [1.29, 1.82) is 0 Å². The van der Waals surface area contributed by atoms with E-state index in [0.29, 0.717) is 6.54 Å². The van der Waals surface area contributed by atoms with Crippen LogP contribution in [0, 0.1) is 0 Å². The van der Waals surface area contributed by atoms with Gasteiger partial charge in [-0.1, -0.05) is 13.0 Å². The number of thiophene rings is 1. The smallest absolute Gasteiger partial charge is 0.0331 e. The monoisotopic (exact) mass is 224 g/mol. The van der Waals surface area contributed by atoms with Crippen molar-refractivity contribution in [3.8, 4) is 0 Å². The summed E-state index contributed by atoms with van der Waals surface area (Å²) in [6, 6.07) is 4.30. The van der Waals surface area contributed by atoms with Gasteiger partial charge in [0.15, 0.2) is 0 Å². The molecule has 0 aliphatic carbocycles. The van der Waals surface area contributed by atoms with E-state index in [1.807, 2.05) is 17.4 Å². The van der Waals surface area contributed by atoms with Gasteiger partial charge in [0.1, 0.15) is 0 Å². The Hall–Kier alpha value is -0.640. The summed E-state index contributed by atoms with van der Waals surface area (Å²) in [6.45, 7) is 9.75. The standard InChI is InChI=1S/C12H20N2S/c1-3-7-14(8-4-2)10-12-6-5-11(9-13)15-12/h3,5-6H,1,4,7-10,13H2,2H3. The highest BCUT2D eigenvalue weighted by atomic mass is 32.1. The van der Waals surface area contributed by atoms with Crippen molar-refractivity contribution < 1.29 is 0 Å². The average Bonchev–Trinajstić information content (AvgIpc) is 2.66. The van der Waals surface area contributed by atoms with Crippen LogP contribution in [0.5, 0.6) is 0 Å². The first-order valence-corrected chi connectivity index (χ1v) is 6.22. The predicted molar refractivity (Wildman–Crippen MR) is 68.0 cm³/mol. The topological polar surface area (TPSA) is 29.3 Å². The van der Waals surface area contributed by atoms with Gasteiger partial charge >= 0.3 is 0 Å². The minimum absolute atomic E-state index is 0.653. The van der Waals surface area contributed by atoms with E-state index >= 15 is 0 Å². The van der Waals surface area contributed by atoms with Crippen LogP contribution in [0.25, 0.3) is 0 Å². The molecule has 84 valence electrons. The maximum Gasteiger partial charge on any atom is 0.0331 e. The quantitative estimate of drug-likeness (QED) is 0.721. The lowest BCUT2D eigenvalue weighted by Crippen LogP contribution is -2.23. The number of hydrogen-bond donors (Lipinski definition) is 1. The Morgan fingerprint density at radius 2 is 2.20 bits per heavy atom. The van der Waals surface area contributed by atoms with Crippen LogP contribution in [-0.2, 0) is 13.1 Å². The first kappa shape index (κ1) is 12.4. The summed E-state index contributed by atoms with van der Waals surface area (Å²) in [5, 5.41) is 0. The molecule has 0 atom stereocenters. The van der Waals surface area contributed by atoms with Crippen LogP contribution in [0.4, 0.5) is 0 Å². The molecule has 15 heavy (non-hydrogen) atoms. The lowest BCUT2D eigenvalue weighted by molar-refractivity contribution is 0.298. The highest BCUT2D eigenvalue weighted by Gasteiger charge is 2.05. The maximum atomic E-state index is 5.59. The van der Waals surface area contributed by atoms with E-state index in [1.54, 1.807) is 0 Å². The van der Waals surface area contributed by atoms with Crippen LogP contribution in [0.2, 0.25) is 0 Å². The Morgan fingerprint density at radius 1 is 1.47 bits per heavy atom. The molecule has 2 N–H and O–H groups in total. The number of nitrogens with two attached hydrogens (primary N) is 1. The molecule has 0 spiro atoms. The summed E-state index contributed by atoms with van der Waals surface area (Å²) in [7, 11) is 0. The molecule has 1 heterocycles. The molecular weight excluding hydrogens is 204 g/mol. The summed E-state index contributed by atoms with van der Waals surface area (Å²) in [5.74, 6) is 0. The molecular formula is C12H20N2S. The molecule has 0 aliphatic heterocycles. The van der Waals surface area contributed by atoms with Gasteiger partial charge in [0, 0.05) is 29.4 Å². The predicted octanol–water partition coefficient (Wildman–Crippen LogP) is 2.60. The van der Waals surface area contributed by atoms with Gasteiger partial charge in [-0.25, -0.2) is 0 Å². The average molecular weight is 224 g/mol. The molecule has 1 rings (SSSR count). The van der Waals surface area contributed by atoms with E-state index in [1.165, 1.54) is 16.2 Å². The summed E-state index contributed by atoms with van der Waals surface area (Å²) < 4.78 is 0. The molecule has 0 fully saturated rings. The molecule has 0 radical (unpaired) electrons. The van der Waals surface area contributed by atoms with E-state index in [2.05, 4.69) is 30.5 Å². The van der Waals surface area contributed by atoms with E-state index in [9.17, 15) is 0 Å². The molecule has 1 aromatic rings. The fourth-order valence-electron chi connectivity index (χ4n) is 1.57. The van der Waals surface area contributed by atoms with Crippen molar-refractivity contribution in [2.24, 2.45) is 5.73 Å². The van der Waals surface area contributed by atoms with Crippen LogP contribution in [0.15, 0.2) is 24.8 Å². The van der Waals surface area contributed by atoms with Crippen molar-refractivity contribution >= 4 is 11.3 Å². The summed E-state index contributed by atoms with van der Waals surface area (Å²) in [6.07, 6.45) is 3.15. The summed E-state index contributed by atoms with van der Waals surface area (Å²) in [5.41, 5.74) is 5.59. The molecule has 1 aromatic heterocycles. The fourth-order valence-corrected chi connectivity index (χ4v) is 2.51. The molecule has 0 unspecified atom stereocenters. The maximum absolute atomic E-state index is 5.59. The number of hydrogen-bond acceptors (Lipinski definition) is 3.